The number of methoxy groups -OCH3 is 1. The largest absolute Gasteiger partial charge is 0.497 e. The van der Waals surface area contributed by atoms with Crippen LogP contribution in [0.2, 0.25) is 0 Å². The Morgan fingerprint density at radius 1 is 1.32 bits per heavy atom. The molecule has 106 valence electrons. The minimum absolute atomic E-state index is 0.321. The molecule has 1 aromatic rings. The van der Waals surface area contributed by atoms with Crippen LogP contribution in [0.1, 0.15) is 13.3 Å². The van der Waals surface area contributed by atoms with Crippen LogP contribution in [0, 0.1) is 5.92 Å². The molecule has 0 aromatic heterocycles. The lowest BCUT2D eigenvalue weighted by Gasteiger charge is -2.33. The molecule has 0 bridgehead atoms. The quantitative estimate of drug-likeness (QED) is 0.789. The predicted octanol–water partition coefficient (Wildman–Crippen LogP) is 2.49. The molecule has 2 rings (SSSR count). The zero-order valence-electron chi connectivity index (χ0n) is 11.0. The zero-order valence-corrected chi connectivity index (χ0v) is 13.4. The Morgan fingerprint density at radius 2 is 1.95 bits per heavy atom. The highest BCUT2D eigenvalue weighted by atomic mass is 79.9. The Bertz CT molecular complexity index is 529. The fourth-order valence-electron chi connectivity index (χ4n) is 2.19. The Hall–Kier alpha value is -0.590. The Labute approximate surface area is 122 Å². The van der Waals surface area contributed by atoms with Gasteiger partial charge in [0.25, 0.3) is 0 Å². The van der Waals surface area contributed by atoms with Gasteiger partial charge in [0.15, 0.2) is 0 Å². The number of halogens is 1. The number of hydrogen-bond acceptors (Lipinski definition) is 3. The van der Waals surface area contributed by atoms with Crippen LogP contribution in [0.15, 0.2) is 29.2 Å². The van der Waals surface area contributed by atoms with Gasteiger partial charge in [0.05, 0.1) is 12.0 Å². The van der Waals surface area contributed by atoms with E-state index in [1.54, 1.807) is 35.7 Å². The third kappa shape index (κ3) is 3.12. The first-order chi connectivity index (χ1) is 8.95. The van der Waals surface area contributed by atoms with Gasteiger partial charge >= 0.3 is 0 Å². The van der Waals surface area contributed by atoms with E-state index in [9.17, 15) is 8.42 Å². The molecule has 0 saturated carbocycles. The summed E-state index contributed by atoms with van der Waals surface area (Å²) in [7, 11) is -1.82. The van der Waals surface area contributed by atoms with Crippen LogP contribution in [-0.4, -0.2) is 37.7 Å². The molecule has 0 amide bonds. The highest BCUT2D eigenvalue weighted by Gasteiger charge is 2.32. The topological polar surface area (TPSA) is 46.6 Å². The van der Waals surface area contributed by atoms with Crippen molar-refractivity contribution in [1.82, 2.24) is 4.31 Å². The summed E-state index contributed by atoms with van der Waals surface area (Å²) in [6.07, 6.45) is 0.844. The maximum Gasteiger partial charge on any atom is 0.243 e. The molecule has 2 atom stereocenters. The summed E-state index contributed by atoms with van der Waals surface area (Å²) < 4.78 is 31.6. The van der Waals surface area contributed by atoms with Crippen molar-refractivity contribution < 1.29 is 13.2 Å². The van der Waals surface area contributed by atoms with Crippen molar-refractivity contribution in [3.63, 3.8) is 0 Å². The molecule has 19 heavy (non-hydrogen) atoms. The van der Waals surface area contributed by atoms with E-state index in [-0.39, 0.29) is 0 Å². The average molecular weight is 348 g/mol. The Morgan fingerprint density at radius 3 is 2.47 bits per heavy atom. The number of sulfonamides is 1. The molecule has 0 spiro atoms. The first-order valence-electron chi connectivity index (χ1n) is 6.23. The Balaban J connectivity index is 2.21. The second-order valence-corrected chi connectivity index (χ2v) is 7.93. The SMILES string of the molecule is COc1ccc(S(=O)(=O)N2CCC(Br)C(C)C2)cc1. The third-order valence-electron chi connectivity index (χ3n) is 3.46. The van der Waals surface area contributed by atoms with E-state index in [2.05, 4.69) is 22.9 Å². The summed E-state index contributed by atoms with van der Waals surface area (Å²) in [6.45, 7) is 3.19. The fraction of sp³-hybridized carbons (Fsp3) is 0.538. The molecule has 0 N–H and O–H groups in total. The normalized spacial score (nSPS) is 25.2. The van der Waals surface area contributed by atoms with Crippen LogP contribution < -0.4 is 4.74 Å². The van der Waals surface area contributed by atoms with Gasteiger partial charge < -0.3 is 4.74 Å². The van der Waals surface area contributed by atoms with Crippen molar-refractivity contribution in [1.29, 1.82) is 0 Å². The molecule has 1 aromatic carbocycles. The highest BCUT2D eigenvalue weighted by Crippen LogP contribution is 2.28. The second kappa shape index (κ2) is 5.81. The Kier molecular flexibility index (Phi) is 4.53. The van der Waals surface area contributed by atoms with E-state index in [4.69, 9.17) is 4.74 Å². The van der Waals surface area contributed by atoms with Crippen molar-refractivity contribution in [3.8, 4) is 5.75 Å². The van der Waals surface area contributed by atoms with Gasteiger partial charge in [-0.1, -0.05) is 22.9 Å². The monoisotopic (exact) mass is 347 g/mol. The third-order valence-corrected chi connectivity index (χ3v) is 6.70. The second-order valence-electron chi connectivity index (χ2n) is 4.82. The average Bonchev–Trinajstić information content (AvgIpc) is 2.41. The van der Waals surface area contributed by atoms with Crippen LogP contribution in [0.25, 0.3) is 0 Å². The fourth-order valence-corrected chi connectivity index (χ4v) is 4.12. The van der Waals surface area contributed by atoms with Gasteiger partial charge in [-0.25, -0.2) is 8.42 Å². The summed E-state index contributed by atoms with van der Waals surface area (Å²) in [4.78, 5) is 0.725. The molecule has 2 unspecified atom stereocenters. The lowest BCUT2D eigenvalue weighted by Crippen LogP contribution is -2.43. The van der Waals surface area contributed by atoms with E-state index in [1.807, 2.05) is 0 Å². The van der Waals surface area contributed by atoms with Gasteiger partial charge in [-0.05, 0) is 36.6 Å². The summed E-state index contributed by atoms with van der Waals surface area (Å²) in [5, 5.41) is 0. The molecule has 1 aliphatic heterocycles. The van der Waals surface area contributed by atoms with Crippen molar-refractivity contribution >= 4 is 26.0 Å². The molecule has 1 heterocycles. The van der Waals surface area contributed by atoms with Gasteiger partial charge in [0.2, 0.25) is 10.0 Å². The summed E-state index contributed by atoms with van der Waals surface area (Å²) in [5.74, 6) is 0.980. The predicted molar refractivity (Wildman–Crippen MR) is 78.2 cm³/mol. The molecule has 6 heteroatoms. The van der Waals surface area contributed by atoms with Crippen molar-refractivity contribution in [3.05, 3.63) is 24.3 Å². The van der Waals surface area contributed by atoms with E-state index in [0.29, 0.717) is 34.5 Å². The number of benzene rings is 1. The van der Waals surface area contributed by atoms with Crippen LogP contribution in [-0.2, 0) is 10.0 Å². The van der Waals surface area contributed by atoms with Gasteiger partial charge in [0, 0.05) is 17.9 Å². The minimum Gasteiger partial charge on any atom is -0.497 e. The maximum absolute atomic E-state index is 12.5. The van der Waals surface area contributed by atoms with E-state index in [0.717, 1.165) is 6.42 Å². The first-order valence-corrected chi connectivity index (χ1v) is 8.59. The van der Waals surface area contributed by atoms with Gasteiger partial charge in [-0.15, -0.1) is 0 Å². The van der Waals surface area contributed by atoms with Crippen molar-refractivity contribution in [2.75, 3.05) is 20.2 Å². The lowest BCUT2D eigenvalue weighted by molar-refractivity contribution is 0.291. The van der Waals surface area contributed by atoms with Gasteiger partial charge in [-0.2, -0.15) is 4.31 Å². The van der Waals surface area contributed by atoms with Crippen LogP contribution in [0.4, 0.5) is 0 Å². The smallest absolute Gasteiger partial charge is 0.243 e. The molecule has 1 fully saturated rings. The molecule has 1 saturated heterocycles. The minimum atomic E-state index is -3.39. The molecule has 0 aliphatic carbocycles. The number of nitrogens with zero attached hydrogens (tertiary/aromatic N) is 1. The van der Waals surface area contributed by atoms with Crippen LogP contribution >= 0.6 is 15.9 Å². The van der Waals surface area contributed by atoms with Crippen LogP contribution in [0.5, 0.6) is 5.75 Å². The number of alkyl halides is 1. The number of rotatable bonds is 3. The maximum atomic E-state index is 12.5. The number of piperidine rings is 1. The van der Waals surface area contributed by atoms with E-state index < -0.39 is 10.0 Å². The van der Waals surface area contributed by atoms with Crippen LogP contribution in [0.3, 0.4) is 0 Å². The molecule has 0 radical (unpaired) electrons. The van der Waals surface area contributed by atoms with E-state index >= 15 is 0 Å². The first kappa shape index (κ1) is 14.8. The number of ether oxygens (including phenoxy) is 1. The molecular formula is C13H18BrNO3S. The van der Waals surface area contributed by atoms with E-state index in [1.165, 1.54) is 0 Å². The summed E-state index contributed by atoms with van der Waals surface area (Å²) >= 11 is 3.58. The highest BCUT2D eigenvalue weighted by molar-refractivity contribution is 9.09. The van der Waals surface area contributed by atoms with Crippen molar-refractivity contribution in [2.45, 2.75) is 23.1 Å². The summed E-state index contributed by atoms with van der Waals surface area (Å²) in [5.41, 5.74) is 0. The molecular weight excluding hydrogens is 330 g/mol. The van der Waals surface area contributed by atoms with Crippen molar-refractivity contribution in [2.24, 2.45) is 5.92 Å². The lowest BCUT2D eigenvalue weighted by atomic mass is 10.0. The van der Waals surface area contributed by atoms with Gasteiger partial charge in [0.1, 0.15) is 5.75 Å². The van der Waals surface area contributed by atoms with Gasteiger partial charge in [-0.3, -0.25) is 0 Å². The summed E-state index contributed by atoms with van der Waals surface area (Å²) in [6, 6.07) is 6.54. The molecule has 4 nitrogen and oxygen atoms in total. The molecule has 1 aliphatic rings. The standard InChI is InChI=1S/C13H18BrNO3S/c1-10-9-15(8-7-13(10)14)19(16,17)12-5-3-11(18-2)4-6-12/h3-6,10,13H,7-9H2,1-2H3. The number of hydrogen-bond donors (Lipinski definition) is 0. The zero-order chi connectivity index (χ0) is 14.0.